The van der Waals surface area contributed by atoms with Crippen molar-refractivity contribution in [2.45, 2.75) is 76.7 Å². The summed E-state index contributed by atoms with van der Waals surface area (Å²) in [6, 6.07) is 0. The average molecular weight is 335 g/mol. The first-order valence-corrected chi connectivity index (χ1v) is 5.97. The van der Waals surface area contributed by atoms with Crippen LogP contribution in [0.1, 0.15) is 71.1 Å². The molecule has 15 heavy (non-hydrogen) atoms. The van der Waals surface area contributed by atoms with Crippen LogP contribution >= 0.6 is 0 Å². The van der Waals surface area contributed by atoms with Gasteiger partial charge < -0.3 is 29.1 Å². The smallest absolute Gasteiger partial charge is 1.00 e. The van der Waals surface area contributed by atoms with Crippen molar-refractivity contribution >= 4 is 23.1 Å². The summed E-state index contributed by atoms with van der Waals surface area (Å²) < 4.78 is 0. The van der Waals surface area contributed by atoms with Gasteiger partial charge in [-0.25, -0.2) is 0 Å². The van der Waals surface area contributed by atoms with E-state index >= 15 is 0 Å². The van der Waals surface area contributed by atoms with Crippen molar-refractivity contribution in [3.05, 3.63) is 0 Å². The average Bonchev–Trinajstić information content (AvgIpc) is 2.31. The van der Waals surface area contributed by atoms with E-state index in [0.717, 1.165) is 25.7 Å². The van der Waals surface area contributed by atoms with Crippen molar-refractivity contribution in [2.75, 3.05) is 0 Å². The fourth-order valence-corrected chi connectivity index (χ4v) is 2.32. The van der Waals surface area contributed by atoms with Crippen molar-refractivity contribution in [1.29, 1.82) is 0 Å². The van der Waals surface area contributed by atoms with Crippen molar-refractivity contribution < 1.29 is 29.1 Å². The van der Waals surface area contributed by atoms with Crippen molar-refractivity contribution in [3.8, 4) is 0 Å². The number of hydrogen-bond acceptors (Lipinski definition) is 1. The molecule has 0 radical (unpaired) electrons. The Morgan fingerprint density at radius 3 is 2.00 bits per heavy atom. The second kappa shape index (κ2) is 10.6. The number of halogens is 1. The molecule has 1 aliphatic rings. The van der Waals surface area contributed by atoms with Crippen LogP contribution in [0.5, 0.6) is 0 Å². The van der Waals surface area contributed by atoms with Gasteiger partial charge in [-0.05, 0) is 0 Å². The zero-order valence-electron chi connectivity index (χ0n) is 10.1. The molecule has 0 heterocycles. The minimum absolute atomic E-state index is 0. The minimum atomic E-state index is -0.536. The molecule has 0 bridgehead atoms. The van der Waals surface area contributed by atoms with Gasteiger partial charge in [0.15, 0.2) is 0 Å². The Balaban J connectivity index is 0. The standard InChI is InChI=1S/C12H23O.HI.Mg/c1-2-3-6-9-12(13)10-7-4-5-8-11-12;;/h2-11H2,1H3;1H;/q-1;;+2/p-1. The topological polar surface area (TPSA) is 23.1 Å². The Morgan fingerprint density at radius 2 is 1.53 bits per heavy atom. The maximum atomic E-state index is 12.2. The fraction of sp³-hybridized carbons (Fsp3) is 1.00. The van der Waals surface area contributed by atoms with Crippen molar-refractivity contribution in [1.82, 2.24) is 0 Å². The van der Waals surface area contributed by atoms with Crippen LogP contribution in [-0.4, -0.2) is 28.7 Å². The summed E-state index contributed by atoms with van der Waals surface area (Å²) in [4.78, 5) is 0. The third kappa shape index (κ3) is 8.22. The summed E-state index contributed by atoms with van der Waals surface area (Å²) in [6.45, 7) is 2.20. The zero-order valence-corrected chi connectivity index (χ0v) is 13.6. The van der Waals surface area contributed by atoms with E-state index in [4.69, 9.17) is 0 Å². The molecule has 86 valence electrons. The molecule has 0 N–H and O–H groups in total. The first-order chi connectivity index (χ1) is 6.27. The molecule has 0 spiro atoms. The van der Waals surface area contributed by atoms with E-state index in [-0.39, 0.29) is 47.0 Å². The molecular weight excluding hydrogens is 311 g/mol. The second-order valence-electron chi connectivity index (χ2n) is 4.55. The summed E-state index contributed by atoms with van der Waals surface area (Å²) in [6.07, 6.45) is 11.4. The Labute approximate surface area is 128 Å². The maximum Gasteiger partial charge on any atom is 2.00 e. The van der Waals surface area contributed by atoms with Crippen LogP contribution < -0.4 is 29.1 Å². The summed E-state index contributed by atoms with van der Waals surface area (Å²) >= 11 is 0. The van der Waals surface area contributed by atoms with Gasteiger partial charge in [0, 0.05) is 0 Å². The van der Waals surface area contributed by atoms with E-state index in [1.807, 2.05) is 0 Å². The van der Waals surface area contributed by atoms with Crippen LogP contribution in [0.3, 0.4) is 0 Å². The van der Waals surface area contributed by atoms with E-state index < -0.39 is 5.60 Å². The first-order valence-electron chi connectivity index (χ1n) is 5.97. The normalized spacial score (nSPS) is 19.6. The van der Waals surface area contributed by atoms with Gasteiger partial charge in [0.1, 0.15) is 0 Å². The molecular formula is C12H23IMgO. The minimum Gasteiger partial charge on any atom is -1.00 e. The predicted octanol–water partition coefficient (Wildman–Crippen LogP) is -0.357. The third-order valence-electron chi connectivity index (χ3n) is 3.25. The van der Waals surface area contributed by atoms with Gasteiger partial charge in [-0.3, -0.25) is 0 Å². The Bertz CT molecular complexity index is 134. The number of rotatable bonds is 4. The van der Waals surface area contributed by atoms with Gasteiger partial charge in [-0.2, -0.15) is 0 Å². The Kier molecular flexibility index (Phi) is 13.3. The molecule has 1 fully saturated rings. The second-order valence-corrected chi connectivity index (χ2v) is 4.55. The number of unbranched alkanes of at least 4 members (excludes halogenated alkanes) is 2. The molecule has 0 atom stereocenters. The largest absolute Gasteiger partial charge is 2.00 e. The maximum absolute atomic E-state index is 12.2. The zero-order chi connectivity index (χ0) is 9.57. The van der Waals surface area contributed by atoms with Crippen LogP contribution in [-0.2, 0) is 0 Å². The quantitative estimate of drug-likeness (QED) is 0.298. The summed E-state index contributed by atoms with van der Waals surface area (Å²) in [5, 5.41) is 12.2. The molecule has 1 aliphatic carbocycles. The summed E-state index contributed by atoms with van der Waals surface area (Å²) in [5.74, 6) is 0. The molecule has 0 saturated heterocycles. The molecule has 0 aromatic rings. The first kappa shape index (κ1) is 18.8. The summed E-state index contributed by atoms with van der Waals surface area (Å²) in [5.41, 5.74) is -0.536. The van der Waals surface area contributed by atoms with Gasteiger partial charge >= 0.3 is 23.1 Å². The molecule has 0 aromatic heterocycles. The van der Waals surface area contributed by atoms with Crippen LogP contribution in [0.15, 0.2) is 0 Å². The monoisotopic (exact) mass is 334 g/mol. The van der Waals surface area contributed by atoms with Crippen LogP contribution in [0, 0.1) is 0 Å². The molecule has 1 saturated carbocycles. The van der Waals surface area contributed by atoms with Gasteiger partial charge in [0.05, 0.1) is 0 Å². The predicted molar refractivity (Wildman–Crippen MR) is 60.3 cm³/mol. The molecule has 0 aliphatic heterocycles. The summed E-state index contributed by atoms with van der Waals surface area (Å²) in [7, 11) is 0. The molecule has 3 heteroatoms. The van der Waals surface area contributed by atoms with Gasteiger partial charge in [0.2, 0.25) is 0 Å². The molecule has 0 amide bonds. The Hall–Kier alpha value is 1.46. The van der Waals surface area contributed by atoms with Crippen molar-refractivity contribution in [3.63, 3.8) is 0 Å². The van der Waals surface area contributed by atoms with E-state index in [0.29, 0.717) is 0 Å². The Morgan fingerprint density at radius 1 is 1.00 bits per heavy atom. The van der Waals surface area contributed by atoms with Crippen molar-refractivity contribution in [2.24, 2.45) is 0 Å². The van der Waals surface area contributed by atoms with Gasteiger partial charge in [0.25, 0.3) is 0 Å². The molecule has 1 rings (SSSR count). The third-order valence-corrected chi connectivity index (χ3v) is 3.25. The van der Waals surface area contributed by atoms with E-state index in [1.165, 1.54) is 38.5 Å². The van der Waals surface area contributed by atoms with E-state index in [1.54, 1.807) is 0 Å². The SMILES string of the molecule is CCCCCC1([O-])CCCCCC1.[I-].[Mg+2]. The van der Waals surface area contributed by atoms with E-state index in [9.17, 15) is 5.11 Å². The molecule has 0 aromatic carbocycles. The van der Waals surface area contributed by atoms with E-state index in [2.05, 4.69) is 6.92 Å². The fourth-order valence-electron chi connectivity index (χ4n) is 2.32. The van der Waals surface area contributed by atoms with Gasteiger partial charge in [-0.1, -0.05) is 71.1 Å². The van der Waals surface area contributed by atoms with Crippen LogP contribution in [0.2, 0.25) is 0 Å². The van der Waals surface area contributed by atoms with Crippen LogP contribution in [0.25, 0.3) is 0 Å². The molecule has 1 nitrogen and oxygen atoms in total. The number of hydrogen-bond donors (Lipinski definition) is 0. The molecule has 0 unspecified atom stereocenters. The van der Waals surface area contributed by atoms with Crippen LogP contribution in [0.4, 0.5) is 0 Å². The van der Waals surface area contributed by atoms with Gasteiger partial charge in [-0.15, -0.1) is 5.60 Å².